The molecule has 9 atom stereocenters. The van der Waals surface area contributed by atoms with Crippen LogP contribution in [-0.4, -0.2) is 51.7 Å². The second kappa shape index (κ2) is 10.0. The van der Waals surface area contributed by atoms with Gasteiger partial charge in [-0.25, -0.2) is 0 Å². The first-order valence-electron chi connectivity index (χ1n) is 12.9. The van der Waals surface area contributed by atoms with Crippen molar-refractivity contribution < 1.29 is 29.3 Å². The lowest BCUT2D eigenvalue weighted by molar-refractivity contribution is -0.166. The maximum atomic E-state index is 14.2. The Balaban J connectivity index is 1.94. The molecule has 3 N–H and O–H groups in total. The molecule has 1 spiro atoms. The van der Waals surface area contributed by atoms with E-state index in [2.05, 4.69) is 11.9 Å². The van der Waals surface area contributed by atoms with E-state index in [1.165, 1.54) is 26.0 Å². The minimum absolute atomic E-state index is 0.287. The number of hydrogen-bond acceptors (Lipinski definition) is 6. The van der Waals surface area contributed by atoms with Crippen molar-refractivity contribution in [2.45, 2.75) is 64.4 Å². The minimum atomic E-state index is -1.82. The van der Waals surface area contributed by atoms with E-state index in [1.807, 2.05) is 37.3 Å². The lowest BCUT2D eigenvalue weighted by Gasteiger charge is -2.52. The molecule has 1 aliphatic heterocycles. The zero-order valence-corrected chi connectivity index (χ0v) is 21.9. The Kier molecular flexibility index (Phi) is 7.32. The third-order valence-corrected chi connectivity index (χ3v) is 8.53. The highest BCUT2D eigenvalue weighted by atomic mass is 16.5. The van der Waals surface area contributed by atoms with Crippen LogP contribution >= 0.6 is 0 Å². The predicted octanol–water partition coefficient (Wildman–Crippen LogP) is 2.92. The largest absolute Gasteiger partial charge is 0.457 e. The molecule has 7 nitrogen and oxygen atoms in total. The first kappa shape index (κ1) is 27.0. The van der Waals surface area contributed by atoms with E-state index in [0.29, 0.717) is 18.4 Å². The number of nitrogens with one attached hydrogen (secondary N) is 1. The highest BCUT2D eigenvalue weighted by molar-refractivity contribution is 5.91. The van der Waals surface area contributed by atoms with Crippen molar-refractivity contribution in [3.63, 3.8) is 0 Å². The Labute approximate surface area is 218 Å². The van der Waals surface area contributed by atoms with Crippen LogP contribution in [0.15, 0.2) is 66.8 Å². The van der Waals surface area contributed by atoms with Crippen LogP contribution in [0.3, 0.4) is 0 Å². The number of Topliss-reactive ketones (excluding diaryl/α,β-unsaturated/α-hetero) is 1. The van der Waals surface area contributed by atoms with Crippen molar-refractivity contribution in [1.29, 1.82) is 0 Å². The summed E-state index contributed by atoms with van der Waals surface area (Å²) in [5.74, 6) is -3.26. The SMILES string of the molecule is C=C1[C@@H](C)[C@H]2[C@H](Cc3ccccc3)NC(=O)[C@]23[C@H](OC(C)=O)C=C[C@](C)(O)C(=O)[C@@H](C)CC=C[C@H]3[C@@H]1O. The Morgan fingerprint density at radius 3 is 2.51 bits per heavy atom. The van der Waals surface area contributed by atoms with E-state index in [4.69, 9.17) is 4.74 Å². The van der Waals surface area contributed by atoms with Crippen LogP contribution in [0.2, 0.25) is 0 Å². The van der Waals surface area contributed by atoms with E-state index in [0.717, 1.165) is 5.56 Å². The molecule has 1 saturated heterocycles. The van der Waals surface area contributed by atoms with Gasteiger partial charge in [-0.3, -0.25) is 14.4 Å². The number of ether oxygens (including phenoxy) is 1. The Hall–Kier alpha value is -3.03. The van der Waals surface area contributed by atoms with Gasteiger partial charge in [-0.1, -0.05) is 62.9 Å². The summed E-state index contributed by atoms with van der Waals surface area (Å²) in [6.07, 6.45) is 5.01. The molecule has 3 aliphatic rings. The summed E-state index contributed by atoms with van der Waals surface area (Å²) in [6, 6.07) is 9.49. The van der Waals surface area contributed by atoms with Gasteiger partial charge in [0.25, 0.3) is 0 Å². The molecule has 0 aromatic heterocycles. The highest BCUT2D eigenvalue weighted by Crippen LogP contribution is 2.58. The van der Waals surface area contributed by atoms with Crippen molar-refractivity contribution in [2.24, 2.45) is 29.1 Å². The number of aliphatic hydroxyl groups excluding tert-OH is 1. The summed E-state index contributed by atoms with van der Waals surface area (Å²) in [7, 11) is 0. The number of carbonyl (C=O) groups excluding carboxylic acids is 3. The van der Waals surface area contributed by atoms with Gasteiger partial charge in [0, 0.05) is 30.7 Å². The summed E-state index contributed by atoms with van der Waals surface area (Å²) in [6.45, 7) is 10.5. The van der Waals surface area contributed by atoms with Crippen molar-refractivity contribution in [2.75, 3.05) is 0 Å². The molecule has 0 radical (unpaired) electrons. The Bertz CT molecular complexity index is 1140. The molecular weight excluding hydrogens is 470 g/mol. The van der Waals surface area contributed by atoms with Crippen molar-refractivity contribution in [3.8, 4) is 0 Å². The first-order valence-corrected chi connectivity index (χ1v) is 12.9. The van der Waals surface area contributed by atoms with Gasteiger partial charge in [0.1, 0.15) is 17.1 Å². The number of amides is 1. The summed E-state index contributed by atoms with van der Waals surface area (Å²) >= 11 is 0. The Morgan fingerprint density at radius 1 is 1.19 bits per heavy atom. The highest BCUT2D eigenvalue weighted by Gasteiger charge is 2.68. The van der Waals surface area contributed by atoms with E-state index in [9.17, 15) is 24.6 Å². The van der Waals surface area contributed by atoms with Crippen LogP contribution in [-0.2, 0) is 25.5 Å². The normalized spacial score (nSPS) is 39.8. The smallest absolute Gasteiger partial charge is 0.303 e. The monoisotopic (exact) mass is 507 g/mol. The second-order valence-electron chi connectivity index (χ2n) is 11.0. The Morgan fingerprint density at radius 2 is 1.86 bits per heavy atom. The molecule has 1 heterocycles. The van der Waals surface area contributed by atoms with E-state index in [-0.39, 0.29) is 23.7 Å². The predicted molar refractivity (Wildman–Crippen MR) is 139 cm³/mol. The molecule has 198 valence electrons. The topological polar surface area (TPSA) is 113 Å². The van der Waals surface area contributed by atoms with Gasteiger partial charge in [0.15, 0.2) is 5.78 Å². The minimum Gasteiger partial charge on any atom is -0.457 e. The van der Waals surface area contributed by atoms with Gasteiger partial charge in [0.05, 0.1) is 6.10 Å². The quantitative estimate of drug-likeness (QED) is 0.428. The molecular formula is C30H37NO6. The average Bonchev–Trinajstić information content (AvgIpc) is 3.13. The third-order valence-electron chi connectivity index (χ3n) is 8.53. The fraction of sp³-hybridized carbons (Fsp3) is 0.500. The molecule has 4 rings (SSSR count). The number of carbonyl (C=O) groups is 3. The maximum Gasteiger partial charge on any atom is 0.303 e. The van der Waals surface area contributed by atoms with Crippen LogP contribution < -0.4 is 5.32 Å². The summed E-state index contributed by atoms with van der Waals surface area (Å²) < 4.78 is 5.81. The fourth-order valence-corrected chi connectivity index (χ4v) is 6.68. The number of benzene rings is 1. The molecule has 1 saturated carbocycles. The third kappa shape index (κ3) is 4.59. The van der Waals surface area contributed by atoms with E-state index >= 15 is 0 Å². The number of allylic oxidation sites excluding steroid dienone is 1. The molecule has 1 amide bonds. The first-order chi connectivity index (χ1) is 17.4. The van der Waals surface area contributed by atoms with Gasteiger partial charge < -0.3 is 20.3 Å². The van der Waals surface area contributed by atoms with Crippen LogP contribution in [0, 0.1) is 29.1 Å². The molecule has 2 fully saturated rings. The molecule has 2 aliphatic carbocycles. The van der Waals surface area contributed by atoms with Gasteiger partial charge in [-0.15, -0.1) is 0 Å². The molecule has 37 heavy (non-hydrogen) atoms. The number of esters is 1. The zero-order chi connectivity index (χ0) is 27.1. The molecule has 1 aromatic rings. The maximum absolute atomic E-state index is 14.2. The average molecular weight is 508 g/mol. The summed E-state index contributed by atoms with van der Waals surface area (Å²) in [5.41, 5.74) is -1.55. The number of ketones is 1. The van der Waals surface area contributed by atoms with Gasteiger partial charge >= 0.3 is 5.97 Å². The molecule has 1 aromatic carbocycles. The van der Waals surface area contributed by atoms with E-state index < -0.39 is 46.9 Å². The van der Waals surface area contributed by atoms with Crippen molar-refractivity contribution >= 4 is 17.7 Å². The summed E-state index contributed by atoms with van der Waals surface area (Å²) in [4.78, 5) is 39.5. The van der Waals surface area contributed by atoms with Crippen molar-refractivity contribution in [3.05, 3.63) is 72.4 Å². The van der Waals surface area contributed by atoms with Gasteiger partial charge in [0.2, 0.25) is 5.91 Å². The second-order valence-corrected chi connectivity index (χ2v) is 11.0. The van der Waals surface area contributed by atoms with Crippen LogP contribution in [0.25, 0.3) is 0 Å². The van der Waals surface area contributed by atoms with Crippen LogP contribution in [0.1, 0.15) is 39.7 Å². The van der Waals surface area contributed by atoms with Crippen LogP contribution in [0.5, 0.6) is 0 Å². The lowest BCUT2D eigenvalue weighted by atomic mass is 9.51. The lowest BCUT2D eigenvalue weighted by Crippen LogP contribution is -2.60. The molecule has 0 bridgehead atoms. The molecule has 7 heteroatoms. The zero-order valence-electron chi connectivity index (χ0n) is 21.9. The van der Waals surface area contributed by atoms with Gasteiger partial charge in [-0.05, 0) is 49.0 Å². The number of rotatable bonds is 3. The van der Waals surface area contributed by atoms with Crippen LogP contribution in [0.4, 0.5) is 0 Å². The fourth-order valence-electron chi connectivity index (χ4n) is 6.68. The summed E-state index contributed by atoms with van der Waals surface area (Å²) in [5, 5.41) is 25.7. The van der Waals surface area contributed by atoms with E-state index in [1.54, 1.807) is 19.1 Å². The standard InChI is InChI=1S/C30H37NO6/c1-17-10-9-13-22-26(33)19(3)18(2)25-23(16-21-11-7-6-8-12-21)31-28(35)30(22,25)24(37-20(4)32)14-15-29(5,36)27(17)34/h6-9,11-15,17-18,22-26,33,36H,3,10,16H2,1-2,4-5H3,(H,31,35)/t17-,18+,22-,23-,24+,25-,26+,29-,30+/m0/s1. The number of hydrogen-bond donors (Lipinski definition) is 3. The molecule has 0 unspecified atom stereocenters. The van der Waals surface area contributed by atoms with Gasteiger partial charge in [-0.2, -0.15) is 0 Å². The van der Waals surface area contributed by atoms with Crippen molar-refractivity contribution in [1.82, 2.24) is 5.32 Å². The number of aliphatic hydroxyl groups is 2.